The fourth-order valence-electron chi connectivity index (χ4n) is 4.88. The van der Waals surface area contributed by atoms with Gasteiger partial charge in [0.25, 0.3) is 0 Å². The van der Waals surface area contributed by atoms with Crippen molar-refractivity contribution in [2.75, 3.05) is 34.8 Å². The number of nitrogens with zero attached hydrogens (tertiary/aromatic N) is 2. The Morgan fingerprint density at radius 1 is 1.00 bits per heavy atom. The van der Waals surface area contributed by atoms with Gasteiger partial charge >= 0.3 is 0 Å². The summed E-state index contributed by atoms with van der Waals surface area (Å²) in [5.41, 5.74) is 5.57. The molecule has 3 heterocycles. The molecule has 0 aromatic heterocycles. The van der Waals surface area contributed by atoms with E-state index in [0.717, 1.165) is 13.0 Å². The van der Waals surface area contributed by atoms with E-state index in [1.165, 1.54) is 78.6 Å². The van der Waals surface area contributed by atoms with Gasteiger partial charge in [-0.3, -0.25) is 4.99 Å². The smallest absolute Gasteiger partial charge is 0.108 e. The predicted octanol–water partition coefficient (Wildman–Crippen LogP) is 5.37. The van der Waals surface area contributed by atoms with Gasteiger partial charge in [0.05, 0.1) is 6.54 Å². The van der Waals surface area contributed by atoms with E-state index in [9.17, 15) is 0 Å². The molecular weight excluding hydrogens is 362 g/mol. The first-order valence-corrected chi connectivity index (χ1v) is 11.8. The highest BCUT2D eigenvalue weighted by Gasteiger charge is 2.41. The summed E-state index contributed by atoms with van der Waals surface area (Å²) in [4.78, 5) is 7.68. The van der Waals surface area contributed by atoms with Gasteiger partial charge in [0.2, 0.25) is 0 Å². The molecule has 2 fully saturated rings. The van der Waals surface area contributed by atoms with E-state index < -0.39 is 0 Å². The molecule has 1 N–H and O–H groups in total. The number of nitrogens with one attached hydrogen (secondary N) is 1. The molecule has 0 saturated carbocycles. The Kier molecular flexibility index (Phi) is 5.06. The van der Waals surface area contributed by atoms with Gasteiger partial charge in [-0.15, -0.1) is 0 Å². The monoisotopic (exact) mass is 391 g/mol. The van der Waals surface area contributed by atoms with Crippen LogP contribution in [0.25, 0.3) is 0 Å². The highest BCUT2D eigenvalue weighted by molar-refractivity contribution is 7.99. The van der Waals surface area contributed by atoms with Crippen LogP contribution >= 0.6 is 11.8 Å². The average Bonchev–Trinajstić information content (AvgIpc) is 3.28. The third-order valence-electron chi connectivity index (χ3n) is 6.55. The Labute approximate surface area is 172 Å². The van der Waals surface area contributed by atoms with Gasteiger partial charge in [-0.25, -0.2) is 0 Å². The molecule has 0 unspecified atom stereocenters. The second-order valence-electron chi connectivity index (χ2n) is 8.38. The molecule has 0 radical (unpaired) electrons. The van der Waals surface area contributed by atoms with E-state index in [1.807, 2.05) is 0 Å². The molecule has 0 aliphatic carbocycles. The molecule has 2 aromatic rings. The van der Waals surface area contributed by atoms with Crippen LogP contribution in [0.15, 0.2) is 53.5 Å². The lowest BCUT2D eigenvalue weighted by molar-refractivity contribution is 0.377. The van der Waals surface area contributed by atoms with Crippen molar-refractivity contribution < 1.29 is 0 Å². The Morgan fingerprint density at radius 2 is 1.82 bits per heavy atom. The van der Waals surface area contributed by atoms with E-state index in [-0.39, 0.29) is 5.41 Å². The van der Waals surface area contributed by atoms with E-state index in [4.69, 9.17) is 4.99 Å². The minimum Gasteiger partial charge on any atom is -0.372 e. The lowest BCUT2D eigenvalue weighted by atomic mass is 9.73. The van der Waals surface area contributed by atoms with Gasteiger partial charge in [-0.1, -0.05) is 30.3 Å². The molecule has 3 aliphatic heterocycles. The van der Waals surface area contributed by atoms with Crippen LogP contribution in [0, 0.1) is 5.41 Å². The Balaban J connectivity index is 1.42. The van der Waals surface area contributed by atoms with Crippen molar-refractivity contribution in [3.05, 3.63) is 59.7 Å². The fraction of sp³-hybridized carbons (Fsp3) is 0.458. The standard InChI is InChI=1S/C24H29N3S/c1-2-9-22-20(7-1)17-24(10-14-28-15-11-24)23(26-22)25-18-19-6-5-8-21(16-19)27-12-3-4-13-27/h1-2,5-9,16H,3-4,10-15,17-18H2,(H,25,26). The number of amidine groups is 1. The minimum atomic E-state index is 0.201. The summed E-state index contributed by atoms with van der Waals surface area (Å²) < 4.78 is 0. The summed E-state index contributed by atoms with van der Waals surface area (Å²) in [6.45, 7) is 3.15. The number of benzene rings is 2. The molecule has 2 saturated heterocycles. The number of anilines is 2. The molecule has 3 aliphatic rings. The maximum Gasteiger partial charge on any atom is 0.108 e. The topological polar surface area (TPSA) is 27.6 Å². The maximum absolute atomic E-state index is 5.17. The Hall–Kier alpha value is -1.94. The third-order valence-corrected chi connectivity index (χ3v) is 7.54. The summed E-state index contributed by atoms with van der Waals surface area (Å²) in [6.07, 6.45) is 6.22. The lowest BCUT2D eigenvalue weighted by Crippen LogP contribution is -2.44. The quantitative estimate of drug-likeness (QED) is 0.762. The zero-order valence-corrected chi connectivity index (χ0v) is 17.3. The normalized spacial score (nSPS) is 22.3. The first-order valence-electron chi connectivity index (χ1n) is 10.6. The van der Waals surface area contributed by atoms with Crippen LogP contribution in [-0.4, -0.2) is 30.4 Å². The van der Waals surface area contributed by atoms with Gasteiger partial charge in [0.1, 0.15) is 5.84 Å². The first kappa shape index (κ1) is 18.1. The van der Waals surface area contributed by atoms with Gasteiger partial charge in [0.15, 0.2) is 0 Å². The number of aliphatic imine (C=N–C) groups is 1. The van der Waals surface area contributed by atoms with Crippen LogP contribution < -0.4 is 10.2 Å². The number of thioether (sulfide) groups is 1. The lowest BCUT2D eigenvalue weighted by Gasteiger charge is -2.42. The second kappa shape index (κ2) is 7.82. The molecule has 3 nitrogen and oxygen atoms in total. The summed E-state index contributed by atoms with van der Waals surface area (Å²) in [5.74, 6) is 3.71. The Morgan fingerprint density at radius 3 is 2.68 bits per heavy atom. The molecule has 0 atom stereocenters. The van der Waals surface area contributed by atoms with Crippen molar-refractivity contribution in [1.82, 2.24) is 0 Å². The van der Waals surface area contributed by atoms with E-state index in [2.05, 4.69) is 70.5 Å². The first-order chi connectivity index (χ1) is 13.8. The number of para-hydroxylation sites is 1. The molecule has 0 amide bonds. The average molecular weight is 392 g/mol. The SMILES string of the molecule is c1cc(CN=C2Nc3ccccc3CC23CCSCC3)cc(N2CCCC2)c1. The third kappa shape index (κ3) is 3.55. The highest BCUT2D eigenvalue weighted by Crippen LogP contribution is 2.44. The van der Waals surface area contributed by atoms with Gasteiger partial charge in [0, 0.05) is 29.9 Å². The maximum atomic E-state index is 5.17. The number of hydrogen-bond acceptors (Lipinski definition) is 3. The molecule has 2 aromatic carbocycles. The molecule has 0 bridgehead atoms. The zero-order valence-electron chi connectivity index (χ0n) is 16.5. The molecule has 1 spiro atoms. The Bertz CT molecular complexity index is 864. The van der Waals surface area contributed by atoms with Crippen molar-refractivity contribution in [2.45, 2.75) is 38.6 Å². The van der Waals surface area contributed by atoms with Crippen LogP contribution in [0.5, 0.6) is 0 Å². The number of hydrogen-bond donors (Lipinski definition) is 1. The van der Waals surface area contributed by atoms with Crippen LogP contribution in [0.4, 0.5) is 11.4 Å². The molecule has 4 heteroatoms. The molecular formula is C24H29N3S. The van der Waals surface area contributed by atoms with Crippen molar-refractivity contribution in [1.29, 1.82) is 0 Å². The van der Waals surface area contributed by atoms with Gasteiger partial charge < -0.3 is 10.2 Å². The summed E-state index contributed by atoms with van der Waals surface area (Å²) in [5, 5.41) is 3.73. The van der Waals surface area contributed by atoms with Crippen molar-refractivity contribution in [2.24, 2.45) is 10.4 Å². The highest BCUT2D eigenvalue weighted by atomic mass is 32.2. The van der Waals surface area contributed by atoms with E-state index in [0.29, 0.717) is 0 Å². The largest absolute Gasteiger partial charge is 0.372 e. The van der Waals surface area contributed by atoms with E-state index in [1.54, 1.807) is 0 Å². The van der Waals surface area contributed by atoms with E-state index >= 15 is 0 Å². The number of fused-ring (bicyclic) bond motifs is 1. The zero-order chi connectivity index (χ0) is 18.8. The van der Waals surface area contributed by atoms with Gasteiger partial charge in [-0.05, 0) is 72.9 Å². The van der Waals surface area contributed by atoms with Crippen LogP contribution in [0.2, 0.25) is 0 Å². The summed E-state index contributed by atoms with van der Waals surface area (Å²) in [7, 11) is 0. The van der Waals surface area contributed by atoms with Crippen LogP contribution in [0.1, 0.15) is 36.8 Å². The molecule has 28 heavy (non-hydrogen) atoms. The predicted molar refractivity (Wildman–Crippen MR) is 122 cm³/mol. The van der Waals surface area contributed by atoms with Crippen LogP contribution in [-0.2, 0) is 13.0 Å². The molecule has 146 valence electrons. The van der Waals surface area contributed by atoms with Gasteiger partial charge in [-0.2, -0.15) is 11.8 Å². The van der Waals surface area contributed by atoms with Crippen molar-refractivity contribution in [3.8, 4) is 0 Å². The van der Waals surface area contributed by atoms with Crippen molar-refractivity contribution in [3.63, 3.8) is 0 Å². The number of rotatable bonds is 3. The summed E-state index contributed by atoms with van der Waals surface area (Å²) >= 11 is 2.09. The second-order valence-corrected chi connectivity index (χ2v) is 9.61. The fourth-order valence-corrected chi connectivity index (χ4v) is 6.16. The van der Waals surface area contributed by atoms with Crippen molar-refractivity contribution >= 4 is 29.0 Å². The minimum absolute atomic E-state index is 0.201. The van der Waals surface area contributed by atoms with Crippen LogP contribution in [0.3, 0.4) is 0 Å². The molecule has 5 rings (SSSR count). The summed E-state index contributed by atoms with van der Waals surface area (Å²) in [6, 6.07) is 17.8.